The Kier molecular flexibility index (Phi) is 5.32. The summed E-state index contributed by atoms with van der Waals surface area (Å²) < 4.78 is 52.9. The fourth-order valence-corrected chi connectivity index (χ4v) is 4.05. The third-order valence-corrected chi connectivity index (χ3v) is 5.84. The normalized spacial score (nSPS) is 19.0. The molecule has 0 saturated heterocycles. The van der Waals surface area contributed by atoms with E-state index in [4.69, 9.17) is 21.1 Å². The van der Waals surface area contributed by atoms with Crippen molar-refractivity contribution in [2.45, 2.75) is 31.2 Å². The first-order chi connectivity index (χ1) is 15.8. The lowest BCUT2D eigenvalue weighted by molar-refractivity contribution is -0.173. The standard InChI is InChI=1S/C22H18ClF3N4O3/c23-14-4-2-13(3-5-14)15-8-19(22(24,25)26)30-20(28-15)9-16(29-30)21(31)27-10-12-1-6-17-18(7-12)33-11-32-17/h1-7,9,15,19,28H,8,10-11H2,(H,27,31)/t15-,19+/m0/s1. The maximum absolute atomic E-state index is 13.8. The first-order valence-corrected chi connectivity index (χ1v) is 10.5. The molecule has 1 amide bonds. The van der Waals surface area contributed by atoms with Gasteiger partial charge < -0.3 is 20.1 Å². The molecule has 3 aromatic rings. The van der Waals surface area contributed by atoms with Crippen LogP contribution in [-0.4, -0.2) is 28.7 Å². The Balaban J connectivity index is 1.35. The molecule has 5 rings (SSSR count). The Morgan fingerprint density at radius 3 is 2.67 bits per heavy atom. The van der Waals surface area contributed by atoms with E-state index in [0.29, 0.717) is 22.1 Å². The molecule has 0 bridgehead atoms. The van der Waals surface area contributed by atoms with Gasteiger partial charge >= 0.3 is 6.18 Å². The third kappa shape index (κ3) is 4.30. The van der Waals surface area contributed by atoms with E-state index >= 15 is 0 Å². The summed E-state index contributed by atoms with van der Waals surface area (Å²) in [5.41, 5.74) is 1.31. The Hall–Kier alpha value is -3.40. The minimum absolute atomic E-state index is 0.107. The van der Waals surface area contributed by atoms with Crippen LogP contribution < -0.4 is 20.1 Å². The summed E-state index contributed by atoms with van der Waals surface area (Å²) in [6.07, 6.45) is -4.80. The fourth-order valence-electron chi connectivity index (χ4n) is 3.92. The number of carbonyl (C=O) groups excluding carboxylic acids is 1. The van der Waals surface area contributed by atoms with Gasteiger partial charge in [0.1, 0.15) is 5.82 Å². The van der Waals surface area contributed by atoms with E-state index in [-0.39, 0.29) is 31.3 Å². The molecule has 0 spiro atoms. The zero-order chi connectivity index (χ0) is 23.2. The molecule has 0 unspecified atom stereocenters. The van der Waals surface area contributed by atoms with Crippen molar-refractivity contribution in [3.05, 3.63) is 70.4 Å². The molecular weight excluding hydrogens is 461 g/mol. The van der Waals surface area contributed by atoms with Gasteiger partial charge in [-0.1, -0.05) is 29.8 Å². The van der Waals surface area contributed by atoms with Gasteiger partial charge in [-0.25, -0.2) is 4.68 Å². The summed E-state index contributed by atoms with van der Waals surface area (Å²) >= 11 is 5.90. The number of nitrogens with one attached hydrogen (secondary N) is 2. The molecule has 172 valence electrons. The molecule has 3 heterocycles. The molecule has 2 aliphatic heterocycles. The molecular formula is C22H18ClF3N4O3. The number of halogens is 4. The van der Waals surface area contributed by atoms with Gasteiger partial charge in [0.15, 0.2) is 23.2 Å². The highest BCUT2D eigenvalue weighted by Crippen LogP contribution is 2.43. The number of hydrogen-bond acceptors (Lipinski definition) is 5. The van der Waals surface area contributed by atoms with Crippen molar-refractivity contribution in [1.82, 2.24) is 15.1 Å². The van der Waals surface area contributed by atoms with Crippen molar-refractivity contribution in [3.8, 4) is 11.5 Å². The SMILES string of the molecule is O=C(NCc1ccc2c(c1)OCO2)c1cc2n(n1)[C@@H](C(F)(F)F)C[C@@H](c1ccc(Cl)cc1)N2. The van der Waals surface area contributed by atoms with E-state index in [2.05, 4.69) is 15.7 Å². The highest BCUT2D eigenvalue weighted by Gasteiger charge is 2.46. The monoisotopic (exact) mass is 478 g/mol. The number of carbonyl (C=O) groups is 1. The molecule has 0 aliphatic carbocycles. The number of fused-ring (bicyclic) bond motifs is 2. The summed E-state index contributed by atoms with van der Waals surface area (Å²) in [7, 11) is 0. The smallest absolute Gasteiger partial charge is 0.410 e. The number of benzene rings is 2. The van der Waals surface area contributed by atoms with Crippen LogP contribution in [0.5, 0.6) is 11.5 Å². The number of ether oxygens (including phenoxy) is 2. The minimum Gasteiger partial charge on any atom is -0.454 e. The fraction of sp³-hybridized carbons (Fsp3) is 0.273. The molecule has 7 nitrogen and oxygen atoms in total. The van der Waals surface area contributed by atoms with E-state index in [9.17, 15) is 18.0 Å². The van der Waals surface area contributed by atoms with Crippen LogP contribution in [0.25, 0.3) is 0 Å². The molecule has 2 aromatic carbocycles. The van der Waals surface area contributed by atoms with Crippen LogP contribution in [0.15, 0.2) is 48.5 Å². The number of anilines is 1. The largest absolute Gasteiger partial charge is 0.454 e. The van der Waals surface area contributed by atoms with Crippen LogP contribution in [-0.2, 0) is 6.54 Å². The topological polar surface area (TPSA) is 77.4 Å². The predicted octanol–water partition coefficient (Wildman–Crippen LogP) is 4.86. The molecule has 11 heteroatoms. The second-order valence-corrected chi connectivity index (χ2v) is 8.21. The van der Waals surface area contributed by atoms with Crippen molar-refractivity contribution in [2.75, 3.05) is 12.1 Å². The first-order valence-electron chi connectivity index (χ1n) is 10.1. The molecule has 33 heavy (non-hydrogen) atoms. The van der Waals surface area contributed by atoms with Crippen LogP contribution in [0, 0.1) is 0 Å². The Labute approximate surface area is 191 Å². The van der Waals surface area contributed by atoms with Crippen molar-refractivity contribution < 1.29 is 27.4 Å². The average molecular weight is 479 g/mol. The van der Waals surface area contributed by atoms with Gasteiger partial charge in [0, 0.05) is 24.1 Å². The first kappa shape index (κ1) is 21.4. The maximum Gasteiger partial charge on any atom is 0.410 e. The van der Waals surface area contributed by atoms with E-state index in [1.54, 1.807) is 42.5 Å². The number of alkyl halides is 3. The lowest BCUT2D eigenvalue weighted by atomic mass is 9.97. The van der Waals surface area contributed by atoms with Gasteiger partial charge in [-0.05, 0) is 35.4 Å². The molecule has 0 fully saturated rings. The van der Waals surface area contributed by atoms with Crippen LogP contribution in [0.1, 0.15) is 40.1 Å². The zero-order valence-corrected chi connectivity index (χ0v) is 17.8. The molecule has 2 aliphatic rings. The number of nitrogens with zero attached hydrogens (tertiary/aromatic N) is 2. The lowest BCUT2D eigenvalue weighted by Gasteiger charge is -2.33. The van der Waals surface area contributed by atoms with Gasteiger partial charge in [0.25, 0.3) is 5.91 Å². The second kappa shape index (κ2) is 8.18. The minimum atomic E-state index is -4.53. The zero-order valence-electron chi connectivity index (χ0n) is 17.0. The van der Waals surface area contributed by atoms with Crippen LogP contribution >= 0.6 is 11.6 Å². The summed E-state index contributed by atoms with van der Waals surface area (Å²) in [6, 6.07) is 10.7. The predicted molar refractivity (Wildman–Crippen MR) is 113 cm³/mol. The molecule has 0 radical (unpaired) electrons. The van der Waals surface area contributed by atoms with Crippen LogP contribution in [0.4, 0.5) is 19.0 Å². The van der Waals surface area contributed by atoms with Crippen LogP contribution in [0.2, 0.25) is 5.02 Å². The van der Waals surface area contributed by atoms with Gasteiger partial charge in [0.2, 0.25) is 6.79 Å². The lowest BCUT2D eigenvalue weighted by Crippen LogP contribution is -2.35. The summed E-state index contributed by atoms with van der Waals surface area (Å²) in [4.78, 5) is 12.6. The summed E-state index contributed by atoms with van der Waals surface area (Å²) in [5.74, 6) is 0.730. The Morgan fingerprint density at radius 1 is 1.15 bits per heavy atom. The highest BCUT2D eigenvalue weighted by atomic mass is 35.5. The van der Waals surface area contributed by atoms with E-state index in [1.165, 1.54) is 6.07 Å². The third-order valence-electron chi connectivity index (χ3n) is 5.58. The van der Waals surface area contributed by atoms with Crippen molar-refractivity contribution in [1.29, 1.82) is 0 Å². The quantitative estimate of drug-likeness (QED) is 0.560. The number of rotatable bonds is 4. The Morgan fingerprint density at radius 2 is 1.91 bits per heavy atom. The van der Waals surface area contributed by atoms with Gasteiger partial charge in [0.05, 0.1) is 6.04 Å². The molecule has 2 N–H and O–H groups in total. The van der Waals surface area contributed by atoms with Crippen molar-refractivity contribution in [3.63, 3.8) is 0 Å². The molecule has 1 aromatic heterocycles. The van der Waals surface area contributed by atoms with E-state index < -0.39 is 24.2 Å². The highest BCUT2D eigenvalue weighted by molar-refractivity contribution is 6.30. The Bertz CT molecular complexity index is 1200. The van der Waals surface area contributed by atoms with Gasteiger partial charge in [-0.3, -0.25) is 4.79 Å². The van der Waals surface area contributed by atoms with E-state index in [1.807, 2.05) is 0 Å². The van der Waals surface area contributed by atoms with E-state index in [0.717, 1.165) is 10.2 Å². The van der Waals surface area contributed by atoms with Crippen molar-refractivity contribution >= 4 is 23.3 Å². The summed E-state index contributed by atoms with van der Waals surface area (Å²) in [5, 5.41) is 10.2. The number of aromatic nitrogens is 2. The average Bonchev–Trinajstić information content (AvgIpc) is 3.43. The van der Waals surface area contributed by atoms with Gasteiger partial charge in [-0.15, -0.1) is 0 Å². The number of amides is 1. The van der Waals surface area contributed by atoms with Crippen molar-refractivity contribution in [2.24, 2.45) is 0 Å². The maximum atomic E-state index is 13.8. The summed E-state index contributed by atoms with van der Waals surface area (Å²) in [6.45, 7) is 0.289. The molecule has 2 atom stereocenters. The van der Waals surface area contributed by atoms with Gasteiger partial charge in [-0.2, -0.15) is 18.3 Å². The molecule has 0 saturated carbocycles. The number of hydrogen-bond donors (Lipinski definition) is 2. The van der Waals surface area contributed by atoms with Crippen LogP contribution in [0.3, 0.4) is 0 Å². The second-order valence-electron chi connectivity index (χ2n) is 7.77.